The van der Waals surface area contributed by atoms with E-state index in [-0.39, 0.29) is 88.1 Å². The third-order valence-corrected chi connectivity index (χ3v) is 17.8. The number of aromatic amines is 2. The van der Waals surface area contributed by atoms with E-state index >= 15 is 0 Å². The summed E-state index contributed by atoms with van der Waals surface area (Å²) >= 11 is 0. The van der Waals surface area contributed by atoms with Gasteiger partial charge in [0.25, 0.3) is 0 Å². The molecule has 2 aliphatic heterocycles. The van der Waals surface area contributed by atoms with E-state index in [1.807, 2.05) is 27.7 Å². The molecular weight excluding hydrogens is 849 g/mol. The highest BCUT2D eigenvalue weighted by Gasteiger charge is 2.34. The minimum absolute atomic E-state index is 0.0174. The minimum atomic E-state index is -4.15. The van der Waals surface area contributed by atoms with Gasteiger partial charge in [-0.25, -0.2) is 63.6 Å². The van der Waals surface area contributed by atoms with Crippen LogP contribution in [0.25, 0.3) is 68.1 Å². The number of nitrogens with one attached hydrogen (secondary N) is 2. The summed E-state index contributed by atoms with van der Waals surface area (Å²) in [5.41, 5.74) is 2.09. The fourth-order valence-corrected chi connectivity index (χ4v) is 14.6. The highest BCUT2D eigenvalue weighted by Crippen LogP contribution is 2.43. The molecule has 318 valence electrons. The first-order valence-electron chi connectivity index (χ1n) is 19.9. The Bertz CT molecular complexity index is 2920. The van der Waals surface area contributed by atoms with Crippen LogP contribution in [0.15, 0.2) is 68.1 Å². The Hall–Kier alpha value is -4.92. The highest BCUT2D eigenvalue weighted by molar-refractivity contribution is 7.95. The predicted molar refractivity (Wildman–Crippen MR) is 229 cm³/mol. The average molecular weight is 895 g/mol. The second kappa shape index (κ2) is 16.9. The van der Waals surface area contributed by atoms with E-state index in [2.05, 4.69) is 15.0 Å². The van der Waals surface area contributed by atoms with Crippen molar-refractivity contribution in [2.24, 2.45) is 0 Å². The number of fused-ring (bicyclic) bond motifs is 14. The molecule has 20 heteroatoms. The zero-order valence-electron chi connectivity index (χ0n) is 33.7. The van der Waals surface area contributed by atoms with Crippen molar-refractivity contribution in [3.05, 3.63) is 48.5 Å². The molecule has 0 aliphatic carbocycles. The number of hydrogen-bond acceptors (Lipinski definition) is 14. The van der Waals surface area contributed by atoms with E-state index in [0.717, 1.165) is 0 Å². The second-order valence-electron chi connectivity index (χ2n) is 14.8. The fraction of sp³-hybridized carbons (Fsp3) is 0.400. The van der Waals surface area contributed by atoms with Crippen LogP contribution in [0.3, 0.4) is 0 Å². The predicted octanol–water partition coefficient (Wildman–Crippen LogP) is 6.86. The van der Waals surface area contributed by atoms with Gasteiger partial charge in [-0.1, -0.05) is 53.4 Å². The first kappa shape index (κ1) is 43.2. The lowest BCUT2D eigenvalue weighted by Gasteiger charge is -2.14. The van der Waals surface area contributed by atoms with Gasteiger partial charge < -0.3 is 9.97 Å². The maximum atomic E-state index is 14.0. The molecule has 2 aliphatic rings. The van der Waals surface area contributed by atoms with Crippen molar-refractivity contribution in [2.75, 3.05) is 23.0 Å². The summed E-state index contributed by atoms with van der Waals surface area (Å²) in [5.74, 6) is -1.28. The average Bonchev–Trinajstić information content (AvgIpc) is 4.00. The van der Waals surface area contributed by atoms with Crippen molar-refractivity contribution in [3.8, 4) is 45.6 Å². The van der Waals surface area contributed by atoms with Crippen LogP contribution < -0.4 is 0 Å². The van der Waals surface area contributed by atoms with E-state index in [9.17, 15) is 33.7 Å². The number of unbranched alkanes of at least 4 members (excludes halogenated alkanes) is 4. The third-order valence-electron chi connectivity index (χ3n) is 10.2. The Morgan fingerprint density at radius 1 is 0.367 bits per heavy atom. The van der Waals surface area contributed by atoms with Gasteiger partial charge in [-0.2, -0.15) is 0 Å². The Morgan fingerprint density at radius 3 is 0.850 bits per heavy atom. The molecule has 5 heterocycles. The second-order valence-corrected chi connectivity index (χ2v) is 23.1. The van der Waals surface area contributed by atoms with E-state index in [1.165, 1.54) is 24.3 Å². The fourth-order valence-electron chi connectivity index (χ4n) is 6.86. The van der Waals surface area contributed by atoms with Gasteiger partial charge in [-0.15, -0.1) is 0 Å². The van der Waals surface area contributed by atoms with Crippen molar-refractivity contribution >= 4 is 61.9 Å². The third kappa shape index (κ3) is 8.64. The van der Waals surface area contributed by atoms with Crippen molar-refractivity contribution in [3.63, 3.8) is 0 Å². The van der Waals surface area contributed by atoms with Crippen LogP contribution in [0.4, 0.5) is 0 Å². The van der Waals surface area contributed by atoms with Crippen LogP contribution in [0, 0.1) is 0 Å². The summed E-state index contributed by atoms with van der Waals surface area (Å²) in [7, 11) is -16.5. The largest absolute Gasteiger partial charge is 0.325 e. The summed E-state index contributed by atoms with van der Waals surface area (Å²) in [5, 5.41) is 0. The molecule has 3 aromatic heterocycles. The van der Waals surface area contributed by atoms with Crippen LogP contribution in [-0.4, -0.2) is 96.6 Å². The zero-order valence-corrected chi connectivity index (χ0v) is 37.0. The smallest absolute Gasteiger partial charge is 0.179 e. The number of sulfone groups is 4. The maximum absolute atomic E-state index is 14.0. The van der Waals surface area contributed by atoms with E-state index in [1.54, 1.807) is 24.3 Å². The van der Waals surface area contributed by atoms with E-state index in [4.69, 9.17) is 24.9 Å². The van der Waals surface area contributed by atoms with Gasteiger partial charge in [0, 0.05) is 22.3 Å². The van der Waals surface area contributed by atoms with Gasteiger partial charge in [0.05, 0.1) is 42.6 Å². The van der Waals surface area contributed by atoms with Gasteiger partial charge in [0.1, 0.15) is 22.6 Å². The molecule has 0 spiro atoms. The van der Waals surface area contributed by atoms with Gasteiger partial charge in [-0.3, -0.25) is 0 Å². The first-order chi connectivity index (χ1) is 28.5. The molecule has 16 nitrogen and oxygen atoms in total. The van der Waals surface area contributed by atoms with Crippen LogP contribution in [0.5, 0.6) is 0 Å². The van der Waals surface area contributed by atoms with Crippen LogP contribution in [-0.2, 0) is 39.3 Å². The zero-order chi connectivity index (χ0) is 43.0. The Morgan fingerprint density at radius 2 is 0.600 bits per heavy atom. The Labute approximate surface area is 349 Å². The normalized spacial score (nSPS) is 13.0. The minimum Gasteiger partial charge on any atom is -0.325 e. The summed E-state index contributed by atoms with van der Waals surface area (Å²) in [4.78, 5) is 32.9. The van der Waals surface area contributed by atoms with Crippen LogP contribution in [0.2, 0.25) is 0 Å². The number of aromatic nitrogens is 8. The molecule has 0 atom stereocenters. The number of nitrogens with zero attached hydrogens (tertiary/aromatic N) is 6. The molecule has 60 heavy (non-hydrogen) atoms. The summed E-state index contributed by atoms with van der Waals surface area (Å²) < 4.78 is 112. The summed E-state index contributed by atoms with van der Waals surface area (Å²) in [6.45, 7) is 7.35. The number of benzene rings is 2. The monoisotopic (exact) mass is 894 g/mol. The number of rotatable bonds is 16. The quantitative estimate of drug-likeness (QED) is 0.101. The molecular formula is C40H46N8O8S4. The van der Waals surface area contributed by atoms with Gasteiger partial charge >= 0.3 is 0 Å². The lowest BCUT2D eigenvalue weighted by Crippen LogP contribution is -2.15. The lowest BCUT2D eigenvalue weighted by molar-refractivity contribution is 0.579. The van der Waals surface area contributed by atoms with Gasteiger partial charge in [0.2, 0.25) is 0 Å². The summed E-state index contributed by atoms with van der Waals surface area (Å²) in [6, 6.07) is 11.8. The van der Waals surface area contributed by atoms with Crippen molar-refractivity contribution in [1.82, 2.24) is 39.9 Å². The van der Waals surface area contributed by atoms with Crippen molar-refractivity contribution < 1.29 is 33.7 Å². The van der Waals surface area contributed by atoms with Crippen LogP contribution in [0.1, 0.15) is 79.1 Å². The lowest BCUT2D eigenvalue weighted by atomic mass is 10.1. The highest BCUT2D eigenvalue weighted by atomic mass is 32.2. The van der Waals surface area contributed by atoms with E-state index in [0.29, 0.717) is 74.0 Å². The topological polar surface area (TPSA) is 245 Å². The number of hydrogen-bond donors (Lipinski definition) is 2. The molecule has 0 fully saturated rings. The van der Waals surface area contributed by atoms with Gasteiger partial charge in [0.15, 0.2) is 62.6 Å². The molecule has 7 rings (SSSR count). The van der Waals surface area contributed by atoms with Crippen LogP contribution >= 0.6 is 0 Å². The Kier molecular flexibility index (Phi) is 12.1. The molecule has 0 amide bonds. The van der Waals surface area contributed by atoms with Crippen molar-refractivity contribution in [2.45, 2.75) is 98.6 Å². The SMILES string of the molecule is CCCCS(=O)(=O)c1cc2c(cc1S(=O)(=O)CCCC)-c1nc-2nc2nc(nc3ccc(nc4ccc(n1)[nH]4)[nH]3)-c1cc(S(=O)(=O)CCCC)c(S(=O)(=O)CCCC)cc1-2. The maximum Gasteiger partial charge on any atom is 0.179 e. The summed E-state index contributed by atoms with van der Waals surface area (Å²) in [6.07, 6.45) is 3.44. The first-order valence-corrected chi connectivity index (χ1v) is 26.6. The van der Waals surface area contributed by atoms with Gasteiger partial charge in [-0.05, 0) is 74.2 Å². The van der Waals surface area contributed by atoms with Crippen molar-refractivity contribution in [1.29, 1.82) is 0 Å². The molecule has 0 radical (unpaired) electrons. The number of H-pyrrole nitrogens is 2. The molecule has 2 aromatic carbocycles. The molecule has 0 saturated heterocycles. The Balaban J connectivity index is 1.60. The molecule has 0 unspecified atom stereocenters. The standard InChI is InChI=1S/C40H46N8O8S4/c1-5-9-17-57(49,50)29-21-25-27(23-31(29)59(53,54)19-11-7-3)39-46-37(25)44-35-15-13-33(42-35)41-34-14-16-36(43-34)45-38-26-22-30(58(51,52)18-10-6-2)32(60(55,56)20-12-8-4)24-28(26)40(47-38)48-39/h13-16,21-24H,5-12,17-20H2,1-4H3,(H2,41,42,43,44,45,46,47,48). The molecule has 0 saturated carbocycles. The molecule has 2 N–H and O–H groups in total. The molecule has 5 aromatic rings. The molecule has 8 bridgehead atoms. The van der Waals surface area contributed by atoms with E-state index < -0.39 is 39.3 Å².